The second-order valence-electron chi connectivity index (χ2n) is 11.7. The lowest BCUT2D eigenvalue weighted by atomic mass is 9.49. The number of rotatable bonds is 3. The molecule has 2 aromatic carbocycles. The van der Waals surface area contributed by atoms with Crippen molar-refractivity contribution in [2.45, 2.75) is 55.3 Å². The van der Waals surface area contributed by atoms with Gasteiger partial charge in [-0.1, -0.05) is 18.2 Å². The maximum atomic E-state index is 13.0. The van der Waals surface area contributed by atoms with Gasteiger partial charge in [-0.25, -0.2) is 0 Å². The summed E-state index contributed by atoms with van der Waals surface area (Å²) < 4.78 is 12.7. The van der Waals surface area contributed by atoms with Crippen molar-refractivity contribution in [1.29, 1.82) is 0 Å². The van der Waals surface area contributed by atoms with Crippen LogP contribution in [-0.2, 0) is 18.3 Å². The lowest BCUT2D eigenvalue weighted by molar-refractivity contribution is -0.173. The van der Waals surface area contributed by atoms with E-state index in [9.17, 15) is 5.11 Å². The summed E-state index contributed by atoms with van der Waals surface area (Å²) in [6.07, 6.45) is 8.56. The molecule has 6 nitrogen and oxygen atoms in total. The molecule has 5 aliphatic rings. The van der Waals surface area contributed by atoms with Crippen molar-refractivity contribution >= 4 is 21.7 Å². The zero-order valence-electron chi connectivity index (χ0n) is 20.4. The van der Waals surface area contributed by atoms with Gasteiger partial charge in [0.25, 0.3) is 0 Å². The number of methoxy groups -OCH3 is 1. The third-order valence-corrected chi connectivity index (χ3v) is 10.2. The van der Waals surface area contributed by atoms with Gasteiger partial charge in [-0.05, 0) is 61.4 Å². The Morgan fingerprint density at radius 1 is 1.19 bits per heavy atom. The Hall–Kier alpha value is -3.09. The van der Waals surface area contributed by atoms with Gasteiger partial charge in [0.2, 0.25) is 0 Å². The van der Waals surface area contributed by atoms with Gasteiger partial charge in [-0.2, -0.15) is 0 Å². The standard InChI is InChI=1S/C30H29N3O3/c1-35-22-7-5-17-12-23-30(34)13-21-20-6-4-18-14-31-10-8-19(18)25(20)32-26(21)28-29(30,24(17)27(22)36-28)9-11-33(23)15-16-2-3-16/h4-8,10,14,16,23,28,32,34H,2-3,9,11-13,15H2,1H3/t23-,28+,29?,30-/m1/s1. The van der Waals surface area contributed by atoms with Crippen LogP contribution >= 0.6 is 0 Å². The Morgan fingerprint density at radius 3 is 2.97 bits per heavy atom. The van der Waals surface area contributed by atoms with Crippen molar-refractivity contribution in [1.82, 2.24) is 14.9 Å². The predicted octanol–water partition coefficient (Wildman–Crippen LogP) is 4.42. The van der Waals surface area contributed by atoms with Crippen LogP contribution in [0.2, 0.25) is 0 Å². The zero-order valence-corrected chi connectivity index (χ0v) is 20.4. The highest BCUT2D eigenvalue weighted by molar-refractivity contribution is 6.07. The SMILES string of the molecule is COc1ccc2c3c1O[C@H]1c4[nH]c5c(ccc6cnccc65)c4C[C@@]4(O)[C@@H](C2)N(CC2CC2)CCC314. The number of pyridine rings is 1. The molecule has 6 heteroatoms. The molecule has 2 N–H and O–H groups in total. The first kappa shape index (κ1) is 20.0. The van der Waals surface area contributed by atoms with E-state index in [0.717, 1.165) is 65.3 Å². The summed E-state index contributed by atoms with van der Waals surface area (Å²) in [5.41, 5.74) is 4.61. The number of likely N-dealkylation sites (tertiary alicyclic amines) is 1. The van der Waals surface area contributed by atoms with E-state index in [1.807, 2.05) is 12.4 Å². The number of aromatic nitrogens is 2. The van der Waals surface area contributed by atoms with Crippen LogP contribution < -0.4 is 9.47 Å². The number of hydrogen-bond acceptors (Lipinski definition) is 5. The fourth-order valence-electron chi connectivity index (χ4n) is 8.41. The van der Waals surface area contributed by atoms with Gasteiger partial charge < -0.3 is 19.6 Å². The molecule has 2 fully saturated rings. The average Bonchev–Trinajstić information content (AvgIpc) is 3.53. The number of aliphatic hydroxyl groups is 1. The first-order valence-electron chi connectivity index (χ1n) is 13.3. The summed E-state index contributed by atoms with van der Waals surface area (Å²) in [5, 5.41) is 16.5. The number of fused-ring (bicyclic) bond motifs is 6. The van der Waals surface area contributed by atoms with Crippen LogP contribution in [0.4, 0.5) is 0 Å². The summed E-state index contributed by atoms with van der Waals surface area (Å²) in [4.78, 5) is 10.8. The fourth-order valence-corrected chi connectivity index (χ4v) is 8.41. The molecule has 1 spiro atoms. The summed E-state index contributed by atoms with van der Waals surface area (Å²) in [7, 11) is 1.71. The van der Waals surface area contributed by atoms with Crippen LogP contribution in [0.15, 0.2) is 42.7 Å². The van der Waals surface area contributed by atoms with Crippen molar-refractivity contribution in [2.75, 3.05) is 20.2 Å². The largest absolute Gasteiger partial charge is 0.493 e. The minimum Gasteiger partial charge on any atom is -0.493 e. The summed E-state index contributed by atoms with van der Waals surface area (Å²) in [5.74, 6) is 2.40. The van der Waals surface area contributed by atoms with E-state index >= 15 is 0 Å². The topological polar surface area (TPSA) is 70.6 Å². The molecule has 4 heterocycles. The number of hydrogen-bond donors (Lipinski definition) is 2. The summed E-state index contributed by atoms with van der Waals surface area (Å²) >= 11 is 0. The van der Waals surface area contributed by atoms with Crippen molar-refractivity contribution in [3.8, 4) is 11.5 Å². The van der Waals surface area contributed by atoms with E-state index in [1.165, 1.54) is 34.9 Å². The summed E-state index contributed by atoms with van der Waals surface area (Å²) in [6.45, 7) is 2.11. The molecule has 0 amide bonds. The van der Waals surface area contributed by atoms with Gasteiger partial charge in [0.1, 0.15) is 0 Å². The molecule has 2 aromatic heterocycles. The smallest absolute Gasteiger partial charge is 0.166 e. The Bertz CT molecular complexity index is 1610. The molecule has 0 radical (unpaired) electrons. The quantitative estimate of drug-likeness (QED) is 0.455. The Kier molecular flexibility index (Phi) is 3.57. The Balaban J connectivity index is 1.34. The maximum absolute atomic E-state index is 13.0. The first-order valence-corrected chi connectivity index (χ1v) is 13.3. The number of nitrogens with one attached hydrogen (secondary N) is 1. The van der Waals surface area contributed by atoms with E-state index in [2.05, 4.69) is 45.2 Å². The molecular formula is C30H29N3O3. The highest BCUT2D eigenvalue weighted by Crippen LogP contribution is 2.69. The Labute approximate surface area is 209 Å². The maximum Gasteiger partial charge on any atom is 0.166 e. The molecule has 2 bridgehead atoms. The van der Waals surface area contributed by atoms with Crippen molar-refractivity contribution in [3.05, 3.63) is 65.1 Å². The zero-order chi connectivity index (χ0) is 23.8. The minimum absolute atomic E-state index is 0.0903. The van der Waals surface area contributed by atoms with Crippen LogP contribution in [0.25, 0.3) is 21.7 Å². The monoisotopic (exact) mass is 479 g/mol. The molecule has 9 rings (SSSR count). The number of benzene rings is 2. The minimum atomic E-state index is -0.898. The van der Waals surface area contributed by atoms with Gasteiger partial charge >= 0.3 is 0 Å². The second-order valence-corrected chi connectivity index (χ2v) is 11.7. The van der Waals surface area contributed by atoms with Gasteiger partial charge in [0, 0.05) is 53.1 Å². The molecule has 182 valence electrons. The predicted molar refractivity (Wildman–Crippen MR) is 137 cm³/mol. The van der Waals surface area contributed by atoms with E-state index in [-0.39, 0.29) is 12.1 Å². The summed E-state index contributed by atoms with van der Waals surface area (Å²) in [6, 6.07) is 10.8. The molecule has 36 heavy (non-hydrogen) atoms. The Morgan fingerprint density at radius 2 is 2.11 bits per heavy atom. The number of piperidine rings is 1. The lowest BCUT2D eigenvalue weighted by Gasteiger charge is -2.62. The van der Waals surface area contributed by atoms with Gasteiger partial charge in [-0.3, -0.25) is 9.88 Å². The van der Waals surface area contributed by atoms with Gasteiger partial charge in [0.05, 0.1) is 29.3 Å². The van der Waals surface area contributed by atoms with E-state index in [4.69, 9.17) is 9.47 Å². The number of aromatic amines is 1. The molecule has 1 unspecified atom stereocenters. The number of ether oxygens (including phenoxy) is 2. The average molecular weight is 480 g/mol. The van der Waals surface area contributed by atoms with E-state index < -0.39 is 11.0 Å². The number of nitrogens with zero attached hydrogens (tertiary/aromatic N) is 2. The van der Waals surface area contributed by atoms with Gasteiger partial charge in [0.15, 0.2) is 17.6 Å². The first-order chi connectivity index (χ1) is 17.6. The van der Waals surface area contributed by atoms with E-state index in [1.54, 1.807) is 7.11 Å². The van der Waals surface area contributed by atoms with Crippen LogP contribution in [0.3, 0.4) is 0 Å². The lowest BCUT2D eigenvalue weighted by Crippen LogP contribution is -2.74. The molecular weight excluding hydrogens is 450 g/mol. The fraction of sp³-hybridized carbons (Fsp3) is 0.433. The normalized spacial score (nSPS) is 31.8. The molecule has 4 atom stereocenters. The van der Waals surface area contributed by atoms with Crippen LogP contribution in [0, 0.1) is 5.92 Å². The van der Waals surface area contributed by atoms with Crippen LogP contribution in [-0.4, -0.2) is 51.8 Å². The second kappa shape index (κ2) is 6.42. The molecule has 1 saturated heterocycles. The molecule has 3 aliphatic carbocycles. The number of H-pyrrole nitrogens is 1. The van der Waals surface area contributed by atoms with Crippen molar-refractivity contribution in [2.24, 2.45) is 5.92 Å². The third kappa shape index (κ3) is 2.17. The highest BCUT2D eigenvalue weighted by atomic mass is 16.5. The van der Waals surface area contributed by atoms with Gasteiger partial charge in [-0.15, -0.1) is 0 Å². The van der Waals surface area contributed by atoms with Crippen LogP contribution in [0.1, 0.15) is 47.8 Å². The van der Waals surface area contributed by atoms with Crippen molar-refractivity contribution < 1.29 is 14.6 Å². The highest BCUT2D eigenvalue weighted by Gasteiger charge is 2.72. The third-order valence-electron chi connectivity index (χ3n) is 10.2. The molecule has 2 aliphatic heterocycles. The molecule has 1 saturated carbocycles. The van der Waals surface area contributed by atoms with Crippen LogP contribution in [0.5, 0.6) is 11.5 Å². The molecule has 4 aromatic rings. The van der Waals surface area contributed by atoms with Crippen molar-refractivity contribution in [3.63, 3.8) is 0 Å². The van der Waals surface area contributed by atoms with E-state index in [0.29, 0.717) is 6.42 Å².